The van der Waals surface area contributed by atoms with Crippen molar-refractivity contribution >= 4 is 11.6 Å². The van der Waals surface area contributed by atoms with Gasteiger partial charge in [-0.05, 0) is 63.4 Å². The zero-order valence-electron chi connectivity index (χ0n) is 13.6. The van der Waals surface area contributed by atoms with Crippen molar-refractivity contribution in [3.8, 4) is 11.3 Å². The monoisotopic (exact) mass is 334 g/mol. The van der Waals surface area contributed by atoms with Gasteiger partial charge in [-0.3, -0.25) is 4.90 Å². The Bertz CT molecular complexity index is 654. The summed E-state index contributed by atoms with van der Waals surface area (Å²) in [5.41, 5.74) is 1.88. The van der Waals surface area contributed by atoms with Gasteiger partial charge < -0.3 is 9.52 Å². The summed E-state index contributed by atoms with van der Waals surface area (Å²) in [6.07, 6.45) is 2.21. The average molecular weight is 335 g/mol. The van der Waals surface area contributed by atoms with Crippen molar-refractivity contribution in [3.63, 3.8) is 0 Å². The summed E-state index contributed by atoms with van der Waals surface area (Å²) in [7, 11) is 0. The van der Waals surface area contributed by atoms with Crippen LogP contribution in [0.25, 0.3) is 11.3 Å². The van der Waals surface area contributed by atoms with E-state index in [2.05, 4.69) is 16.8 Å². The Labute approximate surface area is 142 Å². The van der Waals surface area contributed by atoms with Gasteiger partial charge in [0.25, 0.3) is 0 Å². The Morgan fingerprint density at radius 1 is 1.39 bits per heavy atom. The summed E-state index contributed by atoms with van der Waals surface area (Å²) >= 11 is 5.95. The van der Waals surface area contributed by atoms with Crippen molar-refractivity contribution in [3.05, 3.63) is 40.9 Å². The van der Waals surface area contributed by atoms with E-state index in [0.29, 0.717) is 10.9 Å². The zero-order valence-corrected chi connectivity index (χ0v) is 14.4. The molecule has 124 valence electrons. The molecular formula is C18H23ClN2O2. The van der Waals surface area contributed by atoms with Crippen LogP contribution in [-0.2, 0) is 0 Å². The van der Waals surface area contributed by atoms with E-state index >= 15 is 0 Å². The summed E-state index contributed by atoms with van der Waals surface area (Å²) in [6.45, 7) is 6.27. The molecule has 1 aliphatic heterocycles. The van der Waals surface area contributed by atoms with E-state index < -0.39 is 0 Å². The Balaban J connectivity index is 1.81. The van der Waals surface area contributed by atoms with Crippen LogP contribution in [0.1, 0.15) is 37.4 Å². The largest absolute Gasteiger partial charge is 0.439 e. The lowest BCUT2D eigenvalue weighted by Crippen LogP contribution is -2.38. The molecule has 2 unspecified atom stereocenters. The molecule has 5 heteroatoms. The van der Waals surface area contributed by atoms with Crippen LogP contribution in [0.3, 0.4) is 0 Å². The van der Waals surface area contributed by atoms with Crippen LogP contribution in [-0.4, -0.2) is 34.7 Å². The lowest BCUT2D eigenvalue weighted by Gasteiger charge is -2.34. The number of likely N-dealkylation sites (tertiary alicyclic amines) is 1. The SMILES string of the molecule is Cc1nc(C(C)N2CCCC(CO)C2)oc1-c1ccc(Cl)cc1. The van der Waals surface area contributed by atoms with Gasteiger partial charge in [0.05, 0.1) is 11.7 Å². The fourth-order valence-electron chi connectivity index (χ4n) is 3.22. The molecule has 23 heavy (non-hydrogen) atoms. The van der Waals surface area contributed by atoms with Crippen molar-refractivity contribution < 1.29 is 9.52 Å². The molecular weight excluding hydrogens is 312 g/mol. The van der Waals surface area contributed by atoms with Gasteiger partial charge in [-0.1, -0.05) is 11.6 Å². The number of benzene rings is 1. The van der Waals surface area contributed by atoms with E-state index in [9.17, 15) is 5.11 Å². The Hall–Kier alpha value is -1.36. The summed E-state index contributed by atoms with van der Waals surface area (Å²) in [5.74, 6) is 1.91. The van der Waals surface area contributed by atoms with Gasteiger partial charge in [0, 0.05) is 23.7 Å². The van der Waals surface area contributed by atoms with E-state index in [0.717, 1.165) is 48.8 Å². The minimum Gasteiger partial charge on any atom is -0.439 e. The number of oxazole rings is 1. The molecule has 2 heterocycles. The van der Waals surface area contributed by atoms with Gasteiger partial charge in [0.15, 0.2) is 5.76 Å². The van der Waals surface area contributed by atoms with Crippen LogP contribution in [0.5, 0.6) is 0 Å². The third kappa shape index (κ3) is 3.60. The van der Waals surface area contributed by atoms with Gasteiger partial charge >= 0.3 is 0 Å². The number of nitrogens with zero attached hydrogens (tertiary/aromatic N) is 2. The molecule has 1 N–H and O–H groups in total. The number of hydrogen-bond donors (Lipinski definition) is 1. The first-order valence-electron chi connectivity index (χ1n) is 8.16. The molecule has 0 amide bonds. The molecule has 0 spiro atoms. The molecule has 1 saturated heterocycles. The lowest BCUT2D eigenvalue weighted by atomic mass is 9.98. The molecule has 2 aromatic rings. The number of hydrogen-bond acceptors (Lipinski definition) is 4. The molecule has 1 fully saturated rings. The van der Waals surface area contributed by atoms with Crippen molar-refractivity contribution in [1.82, 2.24) is 9.88 Å². The highest BCUT2D eigenvalue weighted by atomic mass is 35.5. The molecule has 3 rings (SSSR count). The van der Waals surface area contributed by atoms with Crippen LogP contribution in [0.15, 0.2) is 28.7 Å². The predicted octanol–water partition coefficient (Wildman–Crippen LogP) is 4.07. The highest BCUT2D eigenvalue weighted by Gasteiger charge is 2.27. The highest BCUT2D eigenvalue weighted by Crippen LogP contribution is 2.31. The fraction of sp³-hybridized carbons (Fsp3) is 0.500. The second-order valence-corrected chi connectivity index (χ2v) is 6.77. The summed E-state index contributed by atoms with van der Waals surface area (Å²) < 4.78 is 6.07. The molecule has 1 aromatic carbocycles. The van der Waals surface area contributed by atoms with Crippen LogP contribution in [0.2, 0.25) is 5.02 Å². The minimum atomic E-state index is 0.115. The maximum absolute atomic E-state index is 9.40. The Morgan fingerprint density at radius 3 is 2.83 bits per heavy atom. The number of halogens is 1. The standard InChI is InChI=1S/C18H23ClN2O2/c1-12-17(15-5-7-16(19)8-6-15)23-18(20-12)13(2)21-9-3-4-14(10-21)11-22/h5-8,13-14,22H,3-4,9-11H2,1-2H3. The first-order chi connectivity index (χ1) is 11.1. The maximum Gasteiger partial charge on any atom is 0.212 e. The van der Waals surface area contributed by atoms with E-state index in [4.69, 9.17) is 16.0 Å². The van der Waals surface area contributed by atoms with E-state index in [1.165, 1.54) is 0 Å². The topological polar surface area (TPSA) is 49.5 Å². The zero-order chi connectivity index (χ0) is 16.4. The smallest absolute Gasteiger partial charge is 0.212 e. The normalized spacial score (nSPS) is 20.6. The fourth-order valence-corrected chi connectivity index (χ4v) is 3.35. The second kappa shape index (κ2) is 7.04. The van der Waals surface area contributed by atoms with Crippen LogP contribution in [0, 0.1) is 12.8 Å². The first-order valence-corrected chi connectivity index (χ1v) is 8.54. The summed E-state index contributed by atoms with van der Waals surface area (Å²) in [4.78, 5) is 6.98. The molecule has 0 bridgehead atoms. The summed E-state index contributed by atoms with van der Waals surface area (Å²) in [5, 5.41) is 10.1. The number of aryl methyl sites for hydroxylation is 1. The summed E-state index contributed by atoms with van der Waals surface area (Å²) in [6, 6.07) is 7.74. The van der Waals surface area contributed by atoms with Gasteiger partial charge in [-0.2, -0.15) is 0 Å². The van der Waals surface area contributed by atoms with Crippen molar-refractivity contribution in [2.75, 3.05) is 19.7 Å². The number of rotatable bonds is 4. The quantitative estimate of drug-likeness (QED) is 0.915. The minimum absolute atomic E-state index is 0.115. The van der Waals surface area contributed by atoms with Crippen molar-refractivity contribution in [2.24, 2.45) is 5.92 Å². The Kier molecular flexibility index (Phi) is 5.05. The predicted molar refractivity (Wildman–Crippen MR) is 91.5 cm³/mol. The van der Waals surface area contributed by atoms with E-state index in [1.54, 1.807) is 0 Å². The third-order valence-corrected chi connectivity index (χ3v) is 4.89. The van der Waals surface area contributed by atoms with Crippen LogP contribution >= 0.6 is 11.6 Å². The molecule has 2 atom stereocenters. The van der Waals surface area contributed by atoms with Crippen molar-refractivity contribution in [1.29, 1.82) is 0 Å². The first kappa shape index (κ1) is 16.5. The molecule has 0 saturated carbocycles. The molecule has 0 aliphatic carbocycles. The molecule has 4 nitrogen and oxygen atoms in total. The van der Waals surface area contributed by atoms with Gasteiger partial charge in [0.2, 0.25) is 5.89 Å². The molecule has 1 aliphatic rings. The van der Waals surface area contributed by atoms with Gasteiger partial charge in [-0.25, -0.2) is 4.98 Å². The molecule has 0 radical (unpaired) electrons. The number of aliphatic hydroxyl groups excluding tert-OH is 1. The third-order valence-electron chi connectivity index (χ3n) is 4.63. The highest BCUT2D eigenvalue weighted by molar-refractivity contribution is 6.30. The number of aromatic nitrogens is 1. The van der Waals surface area contributed by atoms with E-state index in [-0.39, 0.29) is 12.6 Å². The number of piperidine rings is 1. The van der Waals surface area contributed by atoms with Crippen LogP contribution < -0.4 is 0 Å². The van der Waals surface area contributed by atoms with E-state index in [1.807, 2.05) is 31.2 Å². The Morgan fingerprint density at radius 2 is 2.13 bits per heavy atom. The van der Waals surface area contributed by atoms with Gasteiger partial charge in [0.1, 0.15) is 0 Å². The average Bonchev–Trinajstić information content (AvgIpc) is 2.97. The van der Waals surface area contributed by atoms with Crippen LogP contribution in [0.4, 0.5) is 0 Å². The maximum atomic E-state index is 9.40. The lowest BCUT2D eigenvalue weighted by molar-refractivity contribution is 0.0839. The second-order valence-electron chi connectivity index (χ2n) is 6.34. The van der Waals surface area contributed by atoms with Crippen molar-refractivity contribution in [2.45, 2.75) is 32.7 Å². The molecule has 1 aromatic heterocycles. The van der Waals surface area contributed by atoms with Gasteiger partial charge in [-0.15, -0.1) is 0 Å². The number of aliphatic hydroxyl groups is 1.